The minimum Gasteiger partial charge on any atom is -0.469 e. The van der Waals surface area contributed by atoms with E-state index in [1.807, 2.05) is 18.2 Å². The lowest BCUT2D eigenvalue weighted by atomic mass is 10.2. The molecule has 0 fully saturated rings. The Bertz CT molecular complexity index is 303. The molecule has 1 heterocycles. The van der Waals surface area contributed by atoms with E-state index in [1.165, 1.54) is 7.11 Å². The summed E-state index contributed by atoms with van der Waals surface area (Å²) in [4.78, 5) is 15.1. The third-order valence-electron chi connectivity index (χ3n) is 2.14. The second-order valence-electron chi connectivity index (χ2n) is 3.40. The number of hydrogen-bond acceptors (Lipinski definition) is 4. The first-order chi connectivity index (χ1) is 7.83. The van der Waals surface area contributed by atoms with Gasteiger partial charge in [-0.25, -0.2) is 4.98 Å². The molecule has 1 rings (SSSR count). The van der Waals surface area contributed by atoms with E-state index in [9.17, 15) is 4.79 Å². The quantitative estimate of drug-likeness (QED) is 0.416. The maximum absolute atomic E-state index is 10.8. The normalized spacial score (nSPS) is 10.1. The van der Waals surface area contributed by atoms with Crippen LogP contribution in [0.3, 0.4) is 0 Å². The van der Waals surface area contributed by atoms with Gasteiger partial charge in [-0.15, -0.1) is 11.8 Å². The molecule has 0 atom stereocenters. The molecule has 1 aromatic heterocycles. The van der Waals surface area contributed by atoms with Crippen LogP contribution in [-0.4, -0.2) is 23.8 Å². The highest BCUT2D eigenvalue weighted by Crippen LogP contribution is 2.16. The molecular weight excluding hydrogens is 222 g/mol. The van der Waals surface area contributed by atoms with Gasteiger partial charge >= 0.3 is 5.97 Å². The second-order valence-corrected chi connectivity index (χ2v) is 4.52. The predicted molar refractivity (Wildman–Crippen MR) is 65.4 cm³/mol. The van der Waals surface area contributed by atoms with Gasteiger partial charge in [0.05, 0.1) is 12.1 Å². The topological polar surface area (TPSA) is 39.2 Å². The summed E-state index contributed by atoms with van der Waals surface area (Å²) < 4.78 is 4.57. The molecule has 0 unspecified atom stereocenters. The number of ether oxygens (including phenoxy) is 1. The zero-order chi connectivity index (χ0) is 11.6. The Morgan fingerprint density at radius 1 is 1.38 bits per heavy atom. The van der Waals surface area contributed by atoms with Crippen molar-refractivity contribution in [3.05, 3.63) is 24.4 Å². The standard InChI is InChI=1S/C12H17NO2S/c1-15-12(14)8-3-2-6-10-16-11-7-4-5-9-13-11/h4-5,7,9H,2-3,6,8,10H2,1H3. The summed E-state index contributed by atoms with van der Waals surface area (Å²) in [6, 6.07) is 5.92. The van der Waals surface area contributed by atoms with Gasteiger partial charge in [-0.3, -0.25) is 4.79 Å². The number of carbonyl (C=O) groups excluding carboxylic acids is 1. The minimum atomic E-state index is -0.114. The molecule has 88 valence electrons. The maximum Gasteiger partial charge on any atom is 0.305 e. The van der Waals surface area contributed by atoms with Gasteiger partial charge in [0.2, 0.25) is 0 Å². The highest BCUT2D eigenvalue weighted by atomic mass is 32.2. The van der Waals surface area contributed by atoms with Crippen LogP contribution in [0.5, 0.6) is 0 Å². The van der Waals surface area contributed by atoms with Gasteiger partial charge in [-0.2, -0.15) is 0 Å². The average molecular weight is 239 g/mol. The van der Waals surface area contributed by atoms with Crippen molar-refractivity contribution >= 4 is 17.7 Å². The monoisotopic (exact) mass is 239 g/mol. The molecule has 0 aromatic carbocycles. The van der Waals surface area contributed by atoms with Gasteiger partial charge in [0.25, 0.3) is 0 Å². The molecule has 0 amide bonds. The van der Waals surface area contributed by atoms with E-state index in [0.717, 1.165) is 30.0 Å². The molecule has 0 N–H and O–H groups in total. The molecule has 0 spiro atoms. The minimum absolute atomic E-state index is 0.114. The highest BCUT2D eigenvalue weighted by Gasteiger charge is 1.99. The van der Waals surface area contributed by atoms with Crippen molar-refractivity contribution in [1.82, 2.24) is 4.98 Å². The summed E-state index contributed by atoms with van der Waals surface area (Å²) in [5, 5.41) is 1.07. The van der Waals surface area contributed by atoms with Gasteiger partial charge in [0.15, 0.2) is 0 Å². The van der Waals surface area contributed by atoms with Crippen molar-refractivity contribution in [2.45, 2.75) is 30.7 Å². The summed E-state index contributed by atoms with van der Waals surface area (Å²) in [5.41, 5.74) is 0. The Hall–Kier alpha value is -1.03. The van der Waals surface area contributed by atoms with E-state index in [2.05, 4.69) is 9.72 Å². The van der Waals surface area contributed by atoms with Crippen molar-refractivity contribution in [2.75, 3.05) is 12.9 Å². The number of pyridine rings is 1. The van der Waals surface area contributed by atoms with E-state index < -0.39 is 0 Å². The van der Waals surface area contributed by atoms with E-state index in [0.29, 0.717) is 6.42 Å². The smallest absolute Gasteiger partial charge is 0.305 e. The van der Waals surface area contributed by atoms with Crippen LogP contribution in [0.25, 0.3) is 0 Å². The first-order valence-electron chi connectivity index (χ1n) is 5.43. The van der Waals surface area contributed by atoms with Crippen molar-refractivity contribution in [1.29, 1.82) is 0 Å². The van der Waals surface area contributed by atoms with Crippen molar-refractivity contribution in [3.8, 4) is 0 Å². The largest absolute Gasteiger partial charge is 0.469 e. The number of rotatable bonds is 7. The number of unbranched alkanes of at least 4 members (excludes halogenated alkanes) is 2. The molecule has 0 saturated carbocycles. The predicted octanol–water partition coefficient (Wildman–Crippen LogP) is 2.91. The van der Waals surface area contributed by atoms with Gasteiger partial charge in [0, 0.05) is 12.6 Å². The molecule has 0 radical (unpaired) electrons. The fourth-order valence-electron chi connectivity index (χ4n) is 1.26. The fraction of sp³-hybridized carbons (Fsp3) is 0.500. The number of nitrogens with zero attached hydrogens (tertiary/aromatic N) is 1. The fourth-order valence-corrected chi connectivity index (χ4v) is 2.13. The molecule has 0 aliphatic heterocycles. The van der Waals surface area contributed by atoms with Crippen LogP contribution in [0.2, 0.25) is 0 Å². The molecule has 1 aromatic rings. The SMILES string of the molecule is COC(=O)CCCCCSc1ccccn1. The number of aromatic nitrogens is 1. The zero-order valence-electron chi connectivity index (χ0n) is 9.52. The third kappa shape index (κ3) is 5.75. The summed E-state index contributed by atoms with van der Waals surface area (Å²) in [7, 11) is 1.43. The van der Waals surface area contributed by atoms with Crippen LogP contribution in [0.1, 0.15) is 25.7 Å². The van der Waals surface area contributed by atoms with Crippen LogP contribution >= 0.6 is 11.8 Å². The molecule has 3 nitrogen and oxygen atoms in total. The van der Waals surface area contributed by atoms with E-state index in [1.54, 1.807) is 18.0 Å². The second kappa shape index (κ2) is 8.16. The summed E-state index contributed by atoms with van der Waals surface area (Å²) in [6.07, 6.45) is 5.42. The molecule has 0 bridgehead atoms. The lowest BCUT2D eigenvalue weighted by molar-refractivity contribution is -0.140. The van der Waals surface area contributed by atoms with Crippen LogP contribution in [-0.2, 0) is 9.53 Å². The molecule has 0 aliphatic rings. The third-order valence-corrected chi connectivity index (χ3v) is 3.17. The summed E-state index contributed by atoms with van der Waals surface area (Å²) in [6.45, 7) is 0. The van der Waals surface area contributed by atoms with Crippen molar-refractivity contribution in [2.24, 2.45) is 0 Å². The zero-order valence-corrected chi connectivity index (χ0v) is 10.3. The number of hydrogen-bond donors (Lipinski definition) is 0. The number of carbonyl (C=O) groups is 1. The Morgan fingerprint density at radius 3 is 2.94 bits per heavy atom. The van der Waals surface area contributed by atoms with Crippen molar-refractivity contribution < 1.29 is 9.53 Å². The van der Waals surface area contributed by atoms with E-state index in [4.69, 9.17) is 0 Å². The summed E-state index contributed by atoms with van der Waals surface area (Å²) >= 11 is 1.76. The first-order valence-corrected chi connectivity index (χ1v) is 6.42. The van der Waals surface area contributed by atoms with Crippen LogP contribution < -0.4 is 0 Å². The Kier molecular flexibility index (Phi) is 6.65. The van der Waals surface area contributed by atoms with Gasteiger partial charge in [-0.05, 0) is 30.7 Å². The lowest BCUT2D eigenvalue weighted by Gasteiger charge is -2.01. The van der Waals surface area contributed by atoms with E-state index >= 15 is 0 Å². The molecule has 0 saturated heterocycles. The van der Waals surface area contributed by atoms with Gasteiger partial charge in [-0.1, -0.05) is 12.5 Å². The number of esters is 1. The maximum atomic E-state index is 10.8. The highest BCUT2D eigenvalue weighted by molar-refractivity contribution is 7.99. The first kappa shape index (κ1) is 13.0. The number of thioether (sulfide) groups is 1. The Balaban J connectivity index is 1.98. The average Bonchev–Trinajstić information content (AvgIpc) is 2.34. The Labute approximate surface area is 101 Å². The Morgan fingerprint density at radius 2 is 2.25 bits per heavy atom. The summed E-state index contributed by atoms with van der Waals surface area (Å²) in [5.74, 6) is 0.940. The van der Waals surface area contributed by atoms with Crippen LogP contribution in [0.4, 0.5) is 0 Å². The van der Waals surface area contributed by atoms with Gasteiger partial charge < -0.3 is 4.74 Å². The van der Waals surface area contributed by atoms with Gasteiger partial charge in [0.1, 0.15) is 0 Å². The molecular formula is C12H17NO2S. The molecule has 4 heteroatoms. The van der Waals surface area contributed by atoms with E-state index in [-0.39, 0.29) is 5.97 Å². The van der Waals surface area contributed by atoms with Crippen molar-refractivity contribution in [3.63, 3.8) is 0 Å². The van der Waals surface area contributed by atoms with Crippen LogP contribution in [0, 0.1) is 0 Å². The van der Waals surface area contributed by atoms with Crippen LogP contribution in [0.15, 0.2) is 29.4 Å². The molecule has 0 aliphatic carbocycles. The lowest BCUT2D eigenvalue weighted by Crippen LogP contribution is -1.99. The number of methoxy groups -OCH3 is 1. The molecule has 16 heavy (non-hydrogen) atoms.